The number of nitrogens with zero attached hydrogens (tertiary/aromatic N) is 1. The largest absolute Gasteiger partial charge is 0.471 e. The van der Waals surface area contributed by atoms with Crippen LogP contribution in [0.25, 0.3) is 0 Å². The van der Waals surface area contributed by atoms with Gasteiger partial charge in [-0.25, -0.2) is 0 Å². The van der Waals surface area contributed by atoms with Gasteiger partial charge in [0.25, 0.3) is 0 Å². The van der Waals surface area contributed by atoms with E-state index in [9.17, 15) is 22.8 Å². The Bertz CT molecular complexity index is 488. The van der Waals surface area contributed by atoms with Crippen LogP contribution in [0.1, 0.15) is 29.9 Å². The van der Waals surface area contributed by atoms with Crippen molar-refractivity contribution in [3.8, 4) is 0 Å². The predicted molar refractivity (Wildman–Crippen MR) is 65.8 cm³/mol. The van der Waals surface area contributed by atoms with Crippen molar-refractivity contribution in [3.63, 3.8) is 0 Å². The van der Waals surface area contributed by atoms with Gasteiger partial charge in [0.15, 0.2) is 0 Å². The van der Waals surface area contributed by atoms with Crippen LogP contribution in [0.3, 0.4) is 0 Å². The lowest BCUT2D eigenvalue weighted by atomic mass is 9.89. The number of carbonyl (C=O) groups excluding carboxylic acids is 2. The van der Waals surface area contributed by atoms with Crippen LogP contribution in [-0.4, -0.2) is 36.4 Å². The Hall–Kier alpha value is -1.85. The molecular formula is C14H13F3NO2. The number of amides is 1. The number of hydrogen-bond acceptors (Lipinski definition) is 2. The molecule has 6 heteroatoms. The molecule has 0 bridgehead atoms. The van der Waals surface area contributed by atoms with E-state index in [0.717, 1.165) is 10.5 Å². The predicted octanol–water partition coefficient (Wildman–Crippen LogP) is 2.41. The summed E-state index contributed by atoms with van der Waals surface area (Å²) >= 11 is 0. The molecule has 1 aliphatic rings. The van der Waals surface area contributed by atoms with E-state index in [4.69, 9.17) is 0 Å². The molecule has 0 N–H and O–H groups in total. The fraction of sp³-hybridized carbons (Fsp3) is 0.429. The molecule has 1 radical (unpaired) electrons. The summed E-state index contributed by atoms with van der Waals surface area (Å²) in [6.07, 6.45) is -2.05. The molecule has 0 aromatic heterocycles. The van der Waals surface area contributed by atoms with Crippen LogP contribution in [0.15, 0.2) is 24.3 Å². The van der Waals surface area contributed by atoms with E-state index in [-0.39, 0.29) is 19.0 Å². The summed E-state index contributed by atoms with van der Waals surface area (Å²) in [6, 6.07) is 6.84. The van der Waals surface area contributed by atoms with E-state index >= 15 is 0 Å². The molecule has 1 fully saturated rings. The maximum Gasteiger partial charge on any atom is 0.471 e. The maximum absolute atomic E-state index is 12.3. The zero-order valence-corrected chi connectivity index (χ0v) is 10.6. The second-order valence-electron chi connectivity index (χ2n) is 4.79. The summed E-state index contributed by atoms with van der Waals surface area (Å²) in [5, 5.41) is 0. The van der Waals surface area contributed by atoms with Gasteiger partial charge in [0.05, 0.1) is 0 Å². The molecule has 0 spiro atoms. The normalized spacial score (nSPS) is 17.1. The smallest absolute Gasteiger partial charge is 0.335 e. The maximum atomic E-state index is 12.3. The Morgan fingerprint density at radius 1 is 1.15 bits per heavy atom. The SMILES string of the molecule is O=[C]c1ccc(C2CCN(C(=O)C(F)(F)F)CC2)cc1. The van der Waals surface area contributed by atoms with E-state index < -0.39 is 12.1 Å². The van der Waals surface area contributed by atoms with Crippen molar-refractivity contribution in [2.24, 2.45) is 0 Å². The summed E-state index contributed by atoms with van der Waals surface area (Å²) < 4.78 is 36.9. The lowest BCUT2D eigenvalue weighted by molar-refractivity contribution is -0.186. The number of carbonyl (C=O) groups is 1. The Kier molecular flexibility index (Phi) is 4.11. The third kappa shape index (κ3) is 3.18. The van der Waals surface area contributed by atoms with Crippen LogP contribution >= 0.6 is 0 Å². The number of piperidine rings is 1. The van der Waals surface area contributed by atoms with Gasteiger partial charge in [-0.1, -0.05) is 24.3 Å². The van der Waals surface area contributed by atoms with Gasteiger partial charge in [-0.05, 0) is 24.3 Å². The summed E-state index contributed by atoms with van der Waals surface area (Å²) in [5.41, 5.74) is 1.42. The average Bonchev–Trinajstić information content (AvgIpc) is 2.46. The lowest BCUT2D eigenvalue weighted by Gasteiger charge is -2.32. The minimum absolute atomic E-state index is 0.102. The second kappa shape index (κ2) is 5.64. The van der Waals surface area contributed by atoms with Crippen LogP contribution in [0.5, 0.6) is 0 Å². The van der Waals surface area contributed by atoms with Gasteiger partial charge >= 0.3 is 12.1 Å². The number of likely N-dealkylation sites (tertiary alicyclic amines) is 1. The number of alkyl halides is 3. The van der Waals surface area contributed by atoms with Gasteiger partial charge in [-0.3, -0.25) is 9.59 Å². The molecule has 20 heavy (non-hydrogen) atoms. The molecule has 1 aromatic rings. The molecule has 1 aliphatic heterocycles. The van der Waals surface area contributed by atoms with Crippen molar-refractivity contribution in [1.29, 1.82) is 0 Å². The molecule has 1 amide bonds. The molecular weight excluding hydrogens is 271 g/mol. The first-order valence-electron chi connectivity index (χ1n) is 6.26. The van der Waals surface area contributed by atoms with Crippen molar-refractivity contribution >= 4 is 12.2 Å². The summed E-state index contributed by atoms with van der Waals surface area (Å²) in [5.74, 6) is -1.64. The summed E-state index contributed by atoms with van der Waals surface area (Å²) in [4.78, 5) is 22.4. The van der Waals surface area contributed by atoms with Crippen molar-refractivity contribution in [2.75, 3.05) is 13.1 Å². The number of rotatable bonds is 2. The minimum Gasteiger partial charge on any atom is -0.335 e. The van der Waals surface area contributed by atoms with Crippen molar-refractivity contribution < 1.29 is 22.8 Å². The lowest BCUT2D eigenvalue weighted by Crippen LogP contribution is -2.45. The molecule has 1 aromatic carbocycles. The zero-order valence-electron chi connectivity index (χ0n) is 10.6. The Balaban J connectivity index is 1.97. The van der Waals surface area contributed by atoms with Crippen LogP contribution in [0, 0.1) is 0 Å². The van der Waals surface area contributed by atoms with Crippen LogP contribution in [-0.2, 0) is 9.59 Å². The molecule has 0 atom stereocenters. The number of hydrogen-bond donors (Lipinski definition) is 0. The molecule has 3 nitrogen and oxygen atoms in total. The van der Waals surface area contributed by atoms with E-state index in [0.29, 0.717) is 18.4 Å². The first-order chi connectivity index (χ1) is 9.41. The molecule has 1 heterocycles. The number of benzene rings is 1. The molecule has 0 saturated carbocycles. The van der Waals surface area contributed by atoms with E-state index in [1.807, 2.05) is 0 Å². The fourth-order valence-corrected chi connectivity index (χ4v) is 2.42. The van der Waals surface area contributed by atoms with Crippen LogP contribution in [0.2, 0.25) is 0 Å². The molecule has 107 valence electrons. The topological polar surface area (TPSA) is 37.4 Å². The Morgan fingerprint density at radius 2 is 1.70 bits per heavy atom. The van der Waals surface area contributed by atoms with Crippen molar-refractivity contribution in [3.05, 3.63) is 35.4 Å². The highest BCUT2D eigenvalue weighted by Crippen LogP contribution is 2.30. The highest BCUT2D eigenvalue weighted by molar-refractivity contribution is 5.82. The standard InChI is InChI=1S/C14H13F3NO2/c15-14(16,17)13(20)18-7-5-12(6-8-18)11-3-1-10(9-19)2-4-11/h1-4,12H,5-8H2. The molecule has 2 rings (SSSR count). The van der Waals surface area contributed by atoms with Gasteiger partial charge < -0.3 is 4.90 Å². The third-order valence-electron chi connectivity index (χ3n) is 3.52. The van der Waals surface area contributed by atoms with E-state index in [1.165, 1.54) is 0 Å². The van der Waals surface area contributed by atoms with Gasteiger partial charge in [0.2, 0.25) is 6.29 Å². The summed E-state index contributed by atoms with van der Waals surface area (Å²) in [7, 11) is 0. The average molecular weight is 284 g/mol. The molecule has 0 aliphatic carbocycles. The van der Waals surface area contributed by atoms with Gasteiger partial charge in [-0.15, -0.1) is 0 Å². The Morgan fingerprint density at radius 3 is 2.15 bits per heavy atom. The van der Waals surface area contributed by atoms with Crippen molar-refractivity contribution in [2.45, 2.75) is 24.9 Å². The zero-order chi connectivity index (χ0) is 14.8. The summed E-state index contributed by atoms with van der Waals surface area (Å²) in [6.45, 7) is 0.204. The van der Waals surface area contributed by atoms with Gasteiger partial charge in [0.1, 0.15) is 0 Å². The Labute approximate surface area is 114 Å². The first-order valence-corrected chi connectivity index (χ1v) is 6.26. The third-order valence-corrected chi connectivity index (χ3v) is 3.52. The van der Waals surface area contributed by atoms with E-state index in [1.54, 1.807) is 30.6 Å². The highest BCUT2D eigenvalue weighted by Gasteiger charge is 2.43. The first kappa shape index (κ1) is 14.6. The van der Waals surface area contributed by atoms with Gasteiger partial charge in [-0.2, -0.15) is 13.2 Å². The van der Waals surface area contributed by atoms with Gasteiger partial charge in [0, 0.05) is 18.7 Å². The van der Waals surface area contributed by atoms with Crippen LogP contribution < -0.4 is 0 Å². The molecule has 0 unspecified atom stereocenters. The second-order valence-corrected chi connectivity index (χ2v) is 4.79. The monoisotopic (exact) mass is 284 g/mol. The number of halogens is 3. The highest BCUT2D eigenvalue weighted by atomic mass is 19.4. The van der Waals surface area contributed by atoms with E-state index in [2.05, 4.69) is 0 Å². The fourth-order valence-electron chi connectivity index (χ4n) is 2.42. The molecule has 1 saturated heterocycles. The quantitative estimate of drug-likeness (QED) is 0.836. The van der Waals surface area contributed by atoms with Crippen LogP contribution in [0.4, 0.5) is 13.2 Å². The van der Waals surface area contributed by atoms with Crippen molar-refractivity contribution in [1.82, 2.24) is 4.90 Å². The minimum atomic E-state index is -4.80.